The molecule has 1 unspecified atom stereocenters. The molecule has 7 heteroatoms. The van der Waals surface area contributed by atoms with Gasteiger partial charge in [0.15, 0.2) is 0 Å². The largest absolute Gasteiger partial charge is 0.369 e. The number of benzene rings is 2. The molecule has 1 N–H and O–H groups in total. The summed E-state index contributed by atoms with van der Waals surface area (Å²) in [5.74, 6) is -0.196. The average Bonchev–Trinajstić information content (AvgIpc) is 3.00. The number of hydrogen-bond acceptors (Lipinski definition) is 4. The first kappa shape index (κ1) is 19.7. The fourth-order valence-electron chi connectivity index (χ4n) is 4.11. The highest BCUT2D eigenvalue weighted by Gasteiger charge is 2.51. The fourth-order valence-corrected chi connectivity index (χ4v) is 4.24. The monoisotopic (exact) mass is 412 g/mol. The van der Waals surface area contributed by atoms with Crippen molar-refractivity contribution in [3.8, 4) is 0 Å². The maximum atomic E-state index is 13.3. The van der Waals surface area contributed by atoms with Crippen molar-refractivity contribution in [2.24, 2.45) is 0 Å². The van der Waals surface area contributed by atoms with Crippen molar-refractivity contribution in [2.75, 3.05) is 37.7 Å². The predicted molar refractivity (Wildman–Crippen MR) is 114 cm³/mol. The number of nitrogens with one attached hydrogen (secondary N) is 1. The Labute approximate surface area is 176 Å². The Morgan fingerprint density at radius 1 is 0.966 bits per heavy atom. The van der Waals surface area contributed by atoms with Crippen LogP contribution < -0.4 is 10.2 Å². The van der Waals surface area contributed by atoms with Crippen molar-refractivity contribution in [1.29, 1.82) is 0 Å². The number of hydrogen-bond donors (Lipinski definition) is 1. The first-order valence-electron chi connectivity index (χ1n) is 9.96. The first-order valence-corrected chi connectivity index (χ1v) is 10.3. The normalized spacial score (nSPS) is 22.8. The highest BCUT2D eigenvalue weighted by molar-refractivity contribution is 6.30. The molecule has 0 saturated carbocycles. The lowest BCUT2D eigenvalue weighted by Crippen LogP contribution is -2.51. The number of rotatable bonds is 5. The second kappa shape index (κ2) is 8.05. The molecule has 3 amide bonds. The molecule has 0 radical (unpaired) electrons. The summed E-state index contributed by atoms with van der Waals surface area (Å²) in [6, 6.07) is 17.1. The van der Waals surface area contributed by atoms with E-state index in [-0.39, 0.29) is 11.9 Å². The third kappa shape index (κ3) is 3.70. The third-order valence-electron chi connectivity index (χ3n) is 5.88. The molecular formula is C22H25ClN4O2. The Bertz CT molecular complexity index is 881. The maximum absolute atomic E-state index is 13.3. The molecule has 29 heavy (non-hydrogen) atoms. The Morgan fingerprint density at radius 3 is 2.24 bits per heavy atom. The van der Waals surface area contributed by atoms with Crippen LogP contribution in [-0.4, -0.2) is 54.6 Å². The van der Waals surface area contributed by atoms with Crippen LogP contribution in [0.25, 0.3) is 0 Å². The number of halogens is 1. The molecule has 0 aromatic heterocycles. The number of carbonyl (C=O) groups is 2. The van der Waals surface area contributed by atoms with Crippen LogP contribution in [0, 0.1) is 0 Å². The summed E-state index contributed by atoms with van der Waals surface area (Å²) in [6.07, 6.45) is 0.484. The first-order chi connectivity index (χ1) is 14.0. The number of amides is 3. The molecule has 0 aliphatic carbocycles. The van der Waals surface area contributed by atoms with Gasteiger partial charge in [-0.3, -0.25) is 9.69 Å². The van der Waals surface area contributed by atoms with Crippen molar-refractivity contribution >= 4 is 29.2 Å². The molecule has 2 aromatic carbocycles. The van der Waals surface area contributed by atoms with Gasteiger partial charge >= 0.3 is 6.03 Å². The third-order valence-corrected chi connectivity index (χ3v) is 6.13. The van der Waals surface area contributed by atoms with Crippen LogP contribution in [0.1, 0.15) is 18.9 Å². The number of anilines is 1. The number of para-hydroxylation sites is 1. The zero-order chi connectivity index (χ0) is 20.4. The summed E-state index contributed by atoms with van der Waals surface area (Å²) in [6.45, 7) is 5.54. The molecular weight excluding hydrogens is 388 g/mol. The number of nitrogens with zero attached hydrogens (tertiary/aromatic N) is 3. The highest BCUT2D eigenvalue weighted by atomic mass is 35.5. The van der Waals surface area contributed by atoms with E-state index in [2.05, 4.69) is 27.2 Å². The maximum Gasteiger partial charge on any atom is 0.326 e. The van der Waals surface area contributed by atoms with Crippen molar-refractivity contribution < 1.29 is 9.59 Å². The van der Waals surface area contributed by atoms with Crippen molar-refractivity contribution in [3.05, 3.63) is 65.2 Å². The van der Waals surface area contributed by atoms with Gasteiger partial charge in [0, 0.05) is 36.9 Å². The molecule has 2 aliphatic rings. The summed E-state index contributed by atoms with van der Waals surface area (Å²) in [5.41, 5.74) is 0.946. The zero-order valence-electron chi connectivity index (χ0n) is 16.5. The minimum Gasteiger partial charge on any atom is -0.369 e. The summed E-state index contributed by atoms with van der Waals surface area (Å²) < 4.78 is 0. The van der Waals surface area contributed by atoms with Crippen LogP contribution in [0.3, 0.4) is 0 Å². The van der Waals surface area contributed by atoms with Gasteiger partial charge < -0.3 is 10.2 Å². The molecule has 0 bridgehead atoms. The lowest BCUT2D eigenvalue weighted by Gasteiger charge is -2.37. The van der Waals surface area contributed by atoms with E-state index in [4.69, 9.17) is 11.6 Å². The molecule has 6 nitrogen and oxygen atoms in total. The summed E-state index contributed by atoms with van der Waals surface area (Å²) >= 11 is 5.99. The lowest BCUT2D eigenvalue weighted by molar-refractivity contribution is -0.133. The molecule has 2 heterocycles. The molecule has 2 aromatic rings. The standard InChI is InChI=1S/C22H25ClN4O2/c1-2-22(17-8-10-18(23)11-9-17)20(28)27(21(29)24-22)16-25-12-14-26(15-13-25)19-6-4-3-5-7-19/h3-11H,2,12-16H2,1H3,(H,24,29). The predicted octanol–water partition coefficient (Wildman–Crippen LogP) is 3.28. The molecule has 0 spiro atoms. The van der Waals surface area contributed by atoms with Crippen molar-refractivity contribution in [2.45, 2.75) is 18.9 Å². The van der Waals surface area contributed by atoms with Crippen molar-refractivity contribution in [1.82, 2.24) is 15.1 Å². The number of piperazine rings is 1. The average molecular weight is 413 g/mol. The van der Waals surface area contributed by atoms with Gasteiger partial charge in [0.05, 0.1) is 6.67 Å². The van der Waals surface area contributed by atoms with E-state index in [0.717, 1.165) is 31.7 Å². The number of imide groups is 1. The van der Waals surface area contributed by atoms with Gasteiger partial charge in [-0.2, -0.15) is 0 Å². The Morgan fingerprint density at radius 2 is 1.62 bits per heavy atom. The Kier molecular flexibility index (Phi) is 5.48. The van der Waals surface area contributed by atoms with Gasteiger partial charge in [-0.05, 0) is 36.2 Å². The quantitative estimate of drug-likeness (QED) is 0.766. The minimum absolute atomic E-state index is 0.196. The Hall–Kier alpha value is -2.57. The molecule has 152 valence electrons. The van der Waals surface area contributed by atoms with Crippen LogP contribution in [0.4, 0.5) is 10.5 Å². The topological polar surface area (TPSA) is 55.9 Å². The van der Waals surface area contributed by atoms with E-state index >= 15 is 0 Å². The van der Waals surface area contributed by atoms with E-state index < -0.39 is 5.54 Å². The molecule has 2 aliphatic heterocycles. The second-order valence-electron chi connectivity index (χ2n) is 7.51. The van der Waals surface area contributed by atoms with Gasteiger partial charge in [-0.25, -0.2) is 9.69 Å². The number of urea groups is 1. The van der Waals surface area contributed by atoms with E-state index in [9.17, 15) is 9.59 Å². The second-order valence-corrected chi connectivity index (χ2v) is 7.95. The van der Waals surface area contributed by atoms with Gasteiger partial charge in [-0.1, -0.05) is 48.9 Å². The molecule has 1 atom stereocenters. The summed E-state index contributed by atoms with van der Waals surface area (Å²) in [7, 11) is 0. The van der Waals surface area contributed by atoms with Gasteiger partial charge in [0.1, 0.15) is 5.54 Å². The fraction of sp³-hybridized carbons (Fsp3) is 0.364. The smallest absolute Gasteiger partial charge is 0.326 e. The molecule has 2 fully saturated rings. The van der Waals surface area contributed by atoms with Gasteiger partial charge in [-0.15, -0.1) is 0 Å². The zero-order valence-corrected chi connectivity index (χ0v) is 17.2. The summed E-state index contributed by atoms with van der Waals surface area (Å²) in [5, 5.41) is 3.54. The minimum atomic E-state index is -1.02. The van der Waals surface area contributed by atoms with Gasteiger partial charge in [0.25, 0.3) is 5.91 Å². The van der Waals surface area contributed by atoms with Crippen LogP contribution in [0.5, 0.6) is 0 Å². The molecule has 2 saturated heterocycles. The van der Waals surface area contributed by atoms with Gasteiger partial charge in [0.2, 0.25) is 0 Å². The van der Waals surface area contributed by atoms with Crippen molar-refractivity contribution in [3.63, 3.8) is 0 Å². The van der Waals surface area contributed by atoms with E-state index in [1.807, 2.05) is 37.3 Å². The summed E-state index contributed by atoms with van der Waals surface area (Å²) in [4.78, 5) is 31.8. The highest BCUT2D eigenvalue weighted by Crippen LogP contribution is 2.33. The Balaban J connectivity index is 1.44. The lowest BCUT2D eigenvalue weighted by atomic mass is 9.87. The van der Waals surface area contributed by atoms with Crippen LogP contribution in [0.2, 0.25) is 5.02 Å². The van der Waals surface area contributed by atoms with E-state index in [1.165, 1.54) is 10.6 Å². The molecule has 4 rings (SSSR count). The number of carbonyl (C=O) groups excluding carboxylic acids is 2. The van der Waals surface area contributed by atoms with Crippen LogP contribution in [-0.2, 0) is 10.3 Å². The van der Waals surface area contributed by atoms with E-state index in [0.29, 0.717) is 18.1 Å². The van der Waals surface area contributed by atoms with Crippen LogP contribution in [0.15, 0.2) is 54.6 Å². The van der Waals surface area contributed by atoms with E-state index in [1.54, 1.807) is 12.1 Å². The van der Waals surface area contributed by atoms with Crippen LogP contribution >= 0.6 is 11.6 Å². The SMILES string of the molecule is CCC1(c2ccc(Cl)cc2)NC(=O)N(CN2CCN(c3ccccc3)CC2)C1=O.